The number of pyridine rings is 1. The molecule has 0 aliphatic carbocycles. The van der Waals surface area contributed by atoms with Crippen LogP contribution in [0, 0.1) is 22.7 Å². The van der Waals surface area contributed by atoms with Crippen molar-refractivity contribution in [3.63, 3.8) is 0 Å². The van der Waals surface area contributed by atoms with E-state index in [2.05, 4.69) is 60.3 Å². The van der Waals surface area contributed by atoms with Crippen LogP contribution in [0.4, 0.5) is 22.9 Å². The van der Waals surface area contributed by atoms with Crippen molar-refractivity contribution < 1.29 is 14.4 Å². The number of rotatable bonds is 8. The van der Waals surface area contributed by atoms with Gasteiger partial charge in [-0.1, -0.05) is 11.6 Å². The topological polar surface area (TPSA) is 128 Å². The van der Waals surface area contributed by atoms with Gasteiger partial charge in [-0.25, -0.2) is 4.98 Å². The minimum atomic E-state index is -0.417. The standard InChI is InChI=1S/C43H52ClN9O3/c1-30-26-43(29-53(30)36-7-4-33(27-45)37(44)25-36)13-18-50(19-14-43)35-5-2-32(3-6-35)42(56)52-16-11-31(12-17-52)28-49-20-22-51(23-21-49)39-24-34(10-15-46-39)47-38-8-9-40(54)48-41(38)55/h2-7,10,15,24-25,30-31,38H,8-9,11-14,16-23,26,28-29H2,1H3,(H,46,47)(H,48,54,55)/t30-,38+/m1/s1. The van der Waals surface area contributed by atoms with Crippen LogP contribution in [0.25, 0.3) is 0 Å². The van der Waals surface area contributed by atoms with Crippen molar-refractivity contribution in [3.8, 4) is 6.07 Å². The minimum absolute atomic E-state index is 0.131. The van der Waals surface area contributed by atoms with Gasteiger partial charge in [0.1, 0.15) is 17.9 Å². The summed E-state index contributed by atoms with van der Waals surface area (Å²) in [6.45, 7) is 11.6. The first-order chi connectivity index (χ1) is 27.1. The molecular formula is C43H52ClN9O3. The van der Waals surface area contributed by atoms with E-state index < -0.39 is 6.04 Å². The average molecular weight is 778 g/mol. The first-order valence-corrected chi connectivity index (χ1v) is 20.7. The molecule has 8 rings (SSSR count). The van der Waals surface area contributed by atoms with Crippen molar-refractivity contribution in [2.24, 2.45) is 11.3 Å². The SMILES string of the molecule is C[C@@H]1CC2(CCN(c3ccc(C(=O)N4CCC(CN5CCN(c6cc(N[C@H]7CCC(=O)NC7=O)ccn6)CC5)CC4)cc3)CC2)CN1c1ccc(C#N)c(Cl)c1. The van der Waals surface area contributed by atoms with Gasteiger partial charge in [0, 0.05) is 113 Å². The molecule has 1 spiro atoms. The van der Waals surface area contributed by atoms with Crippen molar-refractivity contribution in [2.75, 3.05) is 85.5 Å². The summed E-state index contributed by atoms with van der Waals surface area (Å²) in [6, 6.07) is 20.1. The van der Waals surface area contributed by atoms with Crippen molar-refractivity contribution >= 4 is 52.2 Å². The molecule has 3 amide bonds. The maximum absolute atomic E-state index is 13.5. The second-order valence-electron chi connectivity index (χ2n) is 16.6. The predicted molar refractivity (Wildman–Crippen MR) is 219 cm³/mol. The van der Waals surface area contributed by atoms with E-state index in [0.717, 1.165) is 120 Å². The Labute approximate surface area is 334 Å². The first kappa shape index (κ1) is 38.0. The lowest BCUT2D eigenvalue weighted by atomic mass is 9.76. The molecule has 2 aromatic carbocycles. The Morgan fingerprint density at radius 1 is 0.929 bits per heavy atom. The van der Waals surface area contributed by atoms with Crippen LogP contribution in [-0.2, 0) is 9.59 Å². The quantitative estimate of drug-likeness (QED) is 0.288. The van der Waals surface area contributed by atoms with E-state index in [1.807, 2.05) is 47.4 Å². The second kappa shape index (κ2) is 16.3. The molecule has 0 unspecified atom stereocenters. The van der Waals surface area contributed by atoms with Crippen LogP contribution in [0.3, 0.4) is 0 Å². The van der Waals surface area contributed by atoms with Gasteiger partial charge in [0.25, 0.3) is 5.91 Å². The first-order valence-electron chi connectivity index (χ1n) is 20.3. The third-order valence-corrected chi connectivity index (χ3v) is 13.2. The van der Waals surface area contributed by atoms with Crippen LogP contribution in [0.1, 0.15) is 67.8 Å². The Morgan fingerprint density at radius 3 is 2.36 bits per heavy atom. The van der Waals surface area contributed by atoms with Gasteiger partial charge >= 0.3 is 0 Å². The predicted octanol–water partition coefficient (Wildman–Crippen LogP) is 5.38. The van der Waals surface area contributed by atoms with Gasteiger partial charge in [-0.15, -0.1) is 0 Å². The number of carbonyl (C=O) groups excluding carboxylic acids is 3. The highest BCUT2D eigenvalue weighted by molar-refractivity contribution is 6.32. The third-order valence-electron chi connectivity index (χ3n) is 12.9. The molecule has 5 aliphatic rings. The zero-order valence-corrected chi connectivity index (χ0v) is 33.0. The van der Waals surface area contributed by atoms with Gasteiger partial charge in [-0.3, -0.25) is 24.6 Å². The second-order valence-corrected chi connectivity index (χ2v) is 17.0. The van der Waals surface area contributed by atoms with E-state index in [1.165, 1.54) is 5.69 Å². The summed E-state index contributed by atoms with van der Waals surface area (Å²) in [5.41, 5.74) is 4.67. The summed E-state index contributed by atoms with van der Waals surface area (Å²) in [6.07, 6.45) is 8.04. The van der Waals surface area contributed by atoms with E-state index in [0.29, 0.717) is 35.4 Å². The maximum Gasteiger partial charge on any atom is 0.253 e. The number of anilines is 4. The Kier molecular flexibility index (Phi) is 11.1. The smallest absolute Gasteiger partial charge is 0.253 e. The summed E-state index contributed by atoms with van der Waals surface area (Å²) in [4.78, 5) is 53.7. The molecule has 2 N–H and O–H groups in total. The fraction of sp³-hybridized carbons (Fsp3) is 0.512. The number of amides is 3. The third kappa shape index (κ3) is 8.30. The van der Waals surface area contributed by atoms with E-state index >= 15 is 0 Å². The highest BCUT2D eigenvalue weighted by atomic mass is 35.5. The molecule has 5 aliphatic heterocycles. The highest BCUT2D eigenvalue weighted by Crippen LogP contribution is 2.46. The maximum atomic E-state index is 13.5. The number of imide groups is 1. The summed E-state index contributed by atoms with van der Waals surface area (Å²) >= 11 is 6.38. The number of carbonyl (C=O) groups is 3. The van der Waals surface area contributed by atoms with Crippen LogP contribution < -0.4 is 25.3 Å². The molecule has 294 valence electrons. The summed E-state index contributed by atoms with van der Waals surface area (Å²) in [5, 5.41) is 15.5. The van der Waals surface area contributed by atoms with E-state index in [9.17, 15) is 19.6 Å². The Balaban J connectivity index is 0.762. The molecule has 6 heterocycles. The van der Waals surface area contributed by atoms with Gasteiger partial charge in [0.15, 0.2) is 0 Å². The normalized spacial score (nSPS) is 23.3. The average Bonchev–Trinajstić information content (AvgIpc) is 3.54. The molecule has 1 aromatic heterocycles. The molecule has 0 saturated carbocycles. The summed E-state index contributed by atoms with van der Waals surface area (Å²) in [7, 11) is 0. The minimum Gasteiger partial charge on any atom is -0.374 e. The number of aromatic nitrogens is 1. The van der Waals surface area contributed by atoms with E-state index in [1.54, 1.807) is 6.20 Å². The Morgan fingerprint density at radius 2 is 1.66 bits per heavy atom. The number of nitrogens with zero attached hydrogens (tertiary/aromatic N) is 7. The number of hydrogen-bond donors (Lipinski definition) is 2. The van der Waals surface area contributed by atoms with Crippen LogP contribution in [0.15, 0.2) is 60.8 Å². The number of nitrogens with one attached hydrogen (secondary N) is 2. The van der Waals surface area contributed by atoms with Crippen molar-refractivity contribution in [1.29, 1.82) is 5.26 Å². The molecule has 12 nitrogen and oxygen atoms in total. The highest BCUT2D eigenvalue weighted by Gasteiger charge is 2.44. The lowest BCUT2D eigenvalue weighted by molar-refractivity contribution is -0.133. The van der Waals surface area contributed by atoms with Crippen LogP contribution in [-0.4, -0.2) is 110 Å². The molecule has 13 heteroatoms. The molecule has 0 bridgehead atoms. The Bertz CT molecular complexity index is 1960. The van der Waals surface area contributed by atoms with Crippen molar-refractivity contribution in [2.45, 2.75) is 64.0 Å². The lowest BCUT2D eigenvalue weighted by Gasteiger charge is -2.40. The van der Waals surface area contributed by atoms with Gasteiger partial charge in [0.2, 0.25) is 11.8 Å². The fourth-order valence-corrected chi connectivity index (χ4v) is 9.81. The molecule has 0 radical (unpaired) electrons. The number of piperidine rings is 3. The van der Waals surface area contributed by atoms with Crippen LogP contribution in [0.2, 0.25) is 5.02 Å². The number of piperazine rings is 1. The fourth-order valence-electron chi connectivity index (χ4n) is 9.59. The summed E-state index contributed by atoms with van der Waals surface area (Å²) < 4.78 is 0. The van der Waals surface area contributed by atoms with Crippen molar-refractivity contribution in [3.05, 3.63) is 76.9 Å². The van der Waals surface area contributed by atoms with Gasteiger partial charge in [-0.05, 0) is 105 Å². The van der Waals surface area contributed by atoms with Gasteiger partial charge in [-0.2, -0.15) is 5.26 Å². The van der Waals surface area contributed by atoms with Crippen LogP contribution in [0.5, 0.6) is 0 Å². The molecule has 56 heavy (non-hydrogen) atoms. The largest absolute Gasteiger partial charge is 0.374 e. The van der Waals surface area contributed by atoms with E-state index in [4.69, 9.17) is 11.6 Å². The van der Waals surface area contributed by atoms with Crippen LogP contribution >= 0.6 is 11.6 Å². The number of likely N-dealkylation sites (tertiary alicyclic amines) is 1. The Hall–Kier alpha value is -4.86. The zero-order valence-electron chi connectivity index (χ0n) is 32.3. The monoisotopic (exact) mass is 777 g/mol. The molecule has 2 atom stereocenters. The number of nitriles is 1. The van der Waals surface area contributed by atoms with Crippen molar-refractivity contribution in [1.82, 2.24) is 20.1 Å². The van der Waals surface area contributed by atoms with Gasteiger partial charge < -0.3 is 24.9 Å². The summed E-state index contributed by atoms with van der Waals surface area (Å²) in [5.74, 6) is 1.11. The lowest BCUT2D eigenvalue weighted by Crippen LogP contribution is -2.49. The van der Waals surface area contributed by atoms with Gasteiger partial charge in [0.05, 0.1) is 10.6 Å². The molecule has 3 aromatic rings. The number of halogens is 1. The number of benzene rings is 2. The van der Waals surface area contributed by atoms with E-state index in [-0.39, 0.29) is 23.1 Å². The number of hydrogen-bond acceptors (Lipinski definition) is 10. The molecule has 5 saturated heterocycles. The zero-order chi connectivity index (χ0) is 38.8. The molecule has 5 fully saturated rings. The molecular weight excluding hydrogens is 726 g/mol.